The normalized spacial score (nSPS) is 11.1. The van der Waals surface area contributed by atoms with Crippen LogP contribution in [-0.2, 0) is 6.54 Å². The van der Waals surface area contributed by atoms with E-state index in [-0.39, 0.29) is 5.69 Å². The van der Waals surface area contributed by atoms with E-state index in [0.717, 1.165) is 22.4 Å². The summed E-state index contributed by atoms with van der Waals surface area (Å²) in [7, 11) is 0. The second-order valence-electron chi connectivity index (χ2n) is 5.60. The van der Waals surface area contributed by atoms with Gasteiger partial charge in [-0.1, -0.05) is 0 Å². The van der Waals surface area contributed by atoms with Crippen molar-refractivity contribution in [2.24, 2.45) is 5.73 Å². The highest BCUT2D eigenvalue weighted by molar-refractivity contribution is 5.82. The molecule has 0 radical (unpaired) electrons. The first-order chi connectivity index (χ1) is 11.0. The highest BCUT2D eigenvalue weighted by Crippen LogP contribution is 2.28. The summed E-state index contributed by atoms with van der Waals surface area (Å²) < 4.78 is 2.07. The largest absolute Gasteiger partial charge is 0.329 e. The van der Waals surface area contributed by atoms with E-state index in [1.807, 2.05) is 0 Å². The van der Waals surface area contributed by atoms with Gasteiger partial charge in [0.2, 0.25) is 0 Å². The number of non-ortho nitro benzene ring substituents is 1. The van der Waals surface area contributed by atoms with Gasteiger partial charge in [-0.15, -0.1) is 0 Å². The van der Waals surface area contributed by atoms with Gasteiger partial charge in [-0.2, -0.15) is 0 Å². The van der Waals surface area contributed by atoms with Crippen LogP contribution in [0, 0.1) is 24.0 Å². The topological polar surface area (TPSA) is 87.0 Å². The molecule has 1 aromatic heterocycles. The molecular formula is C17H18N4O2. The van der Waals surface area contributed by atoms with Gasteiger partial charge in [-0.3, -0.25) is 10.1 Å². The van der Waals surface area contributed by atoms with E-state index >= 15 is 0 Å². The number of fused-ring (bicyclic) bond motifs is 1. The maximum atomic E-state index is 10.8. The number of benzene rings is 2. The molecule has 0 saturated heterocycles. The molecule has 23 heavy (non-hydrogen) atoms. The number of rotatable bonds is 4. The second kappa shape index (κ2) is 5.81. The van der Waals surface area contributed by atoms with Gasteiger partial charge >= 0.3 is 0 Å². The van der Waals surface area contributed by atoms with Crippen LogP contribution >= 0.6 is 0 Å². The number of hydrogen-bond acceptors (Lipinski definition) is 4. The van der Waals surface area contributed by atoms with Crippen molar-refractivity contribution in [3.8, 4) is 11.4 Å². The second-order valence-corrected chi connectivity index (χ2v) is 5.60. The minimum absolute atomic E-state index is 0.0712. The zero-order valence-electron chi connectivity index (χ0n) is 13.1. The minimum atomic E-state index is -0.403. The number of hydrogen-bond donors (Lipinski definition) is 1. The van der Waals surface area contributed by atoms with Gasteiger partial charge in [0.15, 0.2) is 0 Å². The first-order valence-corrected chi connectivity index (χ1v) is 7.43. The number of imidazole rings is 1. The standard InChI is InChI=1S/C17H18N4O2/c1-11-9-15-16(10-12(11)2)20(8-7-18)17(19-15)13-3-5-14(6-4-13)21(22)23/h3-6,9-10H,7-8,18H2,1-2H3. The predicted octanol–water partition coefficient (Wildman–Crippen LogP) is 3.19. The molecule has 0 spiro atoms. The van der Waals surface area contributed by atoms with Crippen molar-refractivity contribution in [1.82, 2.24) is 9.55 Å². The number of nitro groups is 1. The summed E-state index contributed by atoms with van der Waals surface area (Å²) in [5.74, 6) is 0.783. The SMILES string of the molecule is Cc1cc2nc(-c3ccc([N+](=O)[O-])cc3)n(CCN)c2cc1C. The zero-order chi connectivity index (χ0) is 16.6. The Morgan fingerprint density at radius 1 is 1.17 bits per heavy atom. The third-order valence-electron chi connectivity index (χ3n) is 4.05. The Bertz CT molecular complexity index is 882. The molecule has 0 amide bonds. The molecule has 1 heterocycles. The number of aryl methyl sites for hydroxylation is 2. The average molecular weight is 310 g/mol. The predicted molar refractivity (Wildman–Crippen MR) is 90.4 cm³/mol. The van der Waals surface area contributed by atoms with Crippen LogP contribution in [0.15, 0.2) is 36.4 Å². The Hall–Kier alpha value is -2.73. The fraction of sp³-hybridized carbons (Fsp3) is 0.235. The van der Waals surface area contributed by atoms with Crippen molar-refractivity contribution in [1.29, 1.82) is 0 Å². The fourth-order valence-electron chi connectivity index (χ4n) is 2.69. The number of nitrogens with zero attached hydrogens (tertiary/aromatic N) is 3. The van der Waals surface area contributed by atoms with Crippen LogP contribution in [0.1, 0.15) is 11.1 Å². The lowest BCUT2D eigenvalue weighted by Crippen LogP contribution is -2.11. The van der Waals surface area contributed by atoms with Gasteiger partial charge in [0.25, 0.3) is 5.69 Å². The molecular weight excluding hydrogens is 292 g/mol. The van der Waals surface area contributed by atoms with Crippen molar-refractivity contribution >= 4 is 16.7 Å². The van der Waals surface area contributed by atoms with Crippen LogP contribution in [0.3, 0.4) is 0 Å². The summed E-state index contributed by atoms with van der Waals surface area (Å²) in [6.07, 6.45) is 0. The van der Waals surface area contributed by atoms with Crippen LogP contribution in [0.4, 0.5) is 5.69 Å². The highest BCUT2D eigenvalue weighted by atomic mass is 16.6. The van der Waals surface area contributed by atoms with E-state index in [4.69, 9.17) is 10.7 Å². The molecule has 3 aromatic rings. The van der Waals surface area contributed by atoms with E-state index in [1.165, 1.54) is 23.3 Å². The van der Waals surface area contributed by atoms with Gasteiger partial charge in [0.05, 0.1) is 16.0 Å². The monoisotopic (exact) mass is 310 g/mol. The molecule has 0 bridgehead atoms. The molecule has 0 aliphatic heterocycles. The summed E-state index contributed by atoms with van der Waals surface area (Å²) >= 11 is 0. The summed E-state index contributed by atoms with van der Waals surface area (Å²) in [5.41, 5.74) is 11.0. The summed E-state index contributed by atoms with van der Waals surface area (Å²) in [6.45, 7) is 5.27. The first-order valence-electron chi connectivity index (χ1n) is 7.43. The van der Waals surface area contributed by atoms with Gasteiger partial charge in [0.1, 0.15) is 5.82 Å². The van der Waals surface area contributed by atoms with E-state index in [9.17, 15) is 10.1 Å². The van der Waals surface area contributed by atoms with E-state index in [1.54, 1.807) is 12.1 Å². The van der Waals surface area contributed by atoms with Crippen molar-refractivity contribution in [3.63, 3.8) is 0 Å². The Labute approximate surface area is 133 Å². The molecule has 0 unspecified atom stereocenters. The maximum Gasteiger partial charge on any atom is 0.269 e. The van der Waals surface area contributed by atoms with Crippen LogP contribution in [0.25, 0.3) is 22.4 Å². The summed E-state index contributed by atoms with van der Waals surface area (Å²) in [4.78, 5) is 15.1. The lowest BCUT2D eigenvalue weighted by atomic mass is 10.1. The molecule has 2 aromatic carbocycles. The Morgan fingerprint density at radius 2 is 1.83 bits per heavy atom. The Balaban J connectivity index is 2.19. The van der Waals surface area contributed by atoms with Crippen LogP contribution in [-0.4, -0.2) is 21.0 Å². The summed E-state index contributed by atoms with van der Waals surface area (Å²) in [6, 6.07) is 10.6. The molecule has 2 N–H and O–H groups in total. The maximum absolute atomic E-state index is 10.8. The van der Waals surface area contributed by atoms with Crippen LogP contribution in [0.2, 0.25) is 0 Å². The number of aromatic nitrogens is 2. The van der Waals surface area contributed by atoms with Gasteiger partial charge in [-0.25, -0.2) is 4.98 Å². The molecule has 6 nitrogen and oxygen atoms in total. The van der Waals surface area contributed by atoms with Gasteiger partial charge in [0, 0.05) is 30.8 Å². The van der Waals surface area contributed by atoms with Gasteiger partial charge < -0.3 is 10.3 Å². The molecule has 118 valence electrons. The molecule has 0 aliphatic rings. The quantitative estimate of drug-likeness (QED) is 0.592. The molecule has 6 heteroatoms. The molecule has 3 rings (SSSR count). The number of nitrogens with two attached hydrogens (primary N) is 1. The summed E-state index contributed by atoms with van der Waals surface area (Å²) in [5, 5.41) is 10.8. The van der Waals surface area contributed by atoms with E-state index < -0.39 is 4.92 Å². The van der Waals surface area contributed by atoms with E-state index in [0.29, 0.717) is 13.1 Å². The minimum Gasteiger partial charge on any atom is -0.329 e. The van der Waals surface area contributed by atoms with Crippen LogP contribution in [0.5, 0.6) is 0 Å². The van der Waals surface area contributed by atoms with Crippen molar-refractivity contribution < 1.29 is 4.92 Å². The van der Waals surface area contributed by atoms with Crippen molar-refractivity contribution in [3.05, 3.63) is 57.6 Å². The zero-order valence-corrected chi connectivity index (χ0v) is 13.1. The molecule has 0 fully saturated rings. The average Bonchev–Trinajstić information content (AvgIpc) is 2.86. The molecule has 0 saturated carbocycles. The highest BCUT2D eigenvalue weighted by Gasteiger charge is 2.14. The number of nitro benzene ring substituents is 1. The Morgan fingerprint density at radius 3 is 2.43 bits per heavy atom. The molecule has 0 atom stereocenters. The lowest BCUT2D eigenvalue weighted by molar-refractivity contribution is -0.384. The molecule has 0 aliphatic carbocycles. The Kier molecular flexibility index (Phi) is 3.83. The van der Waals surface area contributed by atoms with Crippen molar-refractivity contribution in [2.75, 3.05) is 6.54 Å². The first kappa shape index (κ1) is 15.2. The fourth-order valence-corrected chi connectivity index (χ4v) is 2.69. The third-order valence-corrected chi connectivity index (χ3v) is 4.05. The van der Waals surface area contributed by atoms with Gasteiger partial charge in [-0.05, 0) is 49.2 Å². The smallest absolute Gasteiger partial charge is 0.269 e. The lowest BCUT2D eigenvalue weighted by Gasteiger charge is -2.08. The van der Waals surface area contributed by atoms with Crippen molar-refractivity contribution in [2.45, 2.75) is 20.4 Å². The van der Waals surface area contributed by atoms with Crippen LogP contribution < -0.4 is 5.73 Å². The van der Waals surface area contributed by atoms with E-state index in [2.05, 4.69) is 30.5 Å². The third kappa shape index (κ3) is 2.68.